The lowest BCUT2D eigenvalue weighted by Gasteiger charge is -2.60. The van der Waals surface area contributed by atoms with Crippen LogP contribution in [-0.4, -0.2) is 77.6 Å². The fraction of sp³-hybridized carbons (Fsp3) is 0.431. The van der Waals surface area contributed by atoms with Crippen molar-refractivity contribution in [3.63, 3.8) is 0 Å². The largest absolute Gasteiger partial charge is 0.459 e. The highest BCUT2D eigenvalue weighted by atomic mass is 16.7. The zero-order valence-electron chi connectivity index (χ0n) is 36.0. The first-order chi connectivity index (χ1) is 30.3. The van der Waals surface area contributed by atoms with Crippen molar-refractivity contribution in [2.45, 2.75) is 89.6 Å². The molecule has 0 aromatic heterocycles. The smallest absolute Gasteiger partial charge is 0.412 e. The zero-order chi connectivity index (χ0) is 43.5. The van der Waals surface area contributed by atoms with Crippen LogP contribution in [0.2, 0.25) is 0 Å². The van der Waals surface area contributed by atoms with Gasteiger partial charge in [0.05, 0.1) is 18.2 Å². The molecule has 4 aromatic carbocycles. The van der Waals surface area contributed by atoms with Gasteiger partial charge in [-0.1, -0.05) is 97.7 Å². The van der Waals surface area contributed by atoms with Gasteiger partial charge in [-0.3, -0.25) is 4.79 Å². The molecule has 6 atom stereocenters. The Bertz CT molecular complexity index is 2230. The van der Waals surface area contributed by atoms with Crippen molar-refractivity contribution in [2.75, 3.05) is 32.9 Å². The summed E-state index contributed by atoms with van der Waals surface area (Å²) >= 11 is 0. The molecule has 3 aliphatic rings. The Balaban J connectivity index is 1.45. The number of benzene rings is 4. The van der Waals surface area contributed by atoms with Gasteiger partial charge in [-0.05, 0) is 103 Å². The van der Waals surface area contributed by atoms with E-state index < -0.39 is 23.8 Å². The Labute approximate surface area is 365 Å². The highest BCUT2D eigenvalue weighted by molar-refractivity contribution is 6.04. The van der Waals surface area contributed by atoms with Gasteiger partial charge in [-0.2, -0.15) is 0 Å². The number of ether oxygens (including phenoxy) is 3. The van der Waals surface area contributed by atoms with E-state index in [-0.39, 0.29) is 56.5 Å². The third-order valence-electron chi connectivity index (χ3n) is 12.5. The average Bonchev–Trinajstić information content (AvgIpc) is 3.29. The second kappa shape index (κ2) is 21.1. The fourth-order valence-electron chi connectivity index (χ4n) is 9.89. The van der Waals surface area contributed by atoms with E-state index in [1.54, 1.807) is 12.1 Å². The Kier molecular flexibility index (Phi) is 15.1. The number of nitrogens with zero attached hydrogens (tertiary/aromatic N) is 2. The predicted octanol–water partition coefficient (Wildman–Crippen LogP) is 9.33. The molecule has 4 aromatic rings. The van der Waals surface area contributed by atoms with Crippen LogP contribution in [0.1, 0.15) is 92.6 Å². The number of nitrogens with one attached hydrogen (secondary N) is 1. The van der Waals surface area contributed by atoms with E-state index in [0.717, 1.165) is 53.2 Å². The molecular weight excluding hydrogens is 783 g/mol. The normalized spacial score (nSPS) is 23.1. The highest BCUT2D eigenvalue weighted by Gasteiger charge is 2.65. The molecule has 0 saturated heterocycles. The van der Waals surface area contributed by atoms with Crippen LogP contribution in [0.3, 0.4) is 0 Å². The fourth-order valence-corrected chi connectivity index (χ4v) is 9.89. The highest BCUT2D eigenvalue weighted by Crippen LogP contribution is 2.62. The molecule has 0 radical (unpaired) electrons. The maximum atomic E-state index is 15.2. The van der Waals surface area contributed by atoms with E-state index in [0.29, 0.717) is 55.1 Å². The van der Waals surface area contributed by atoms with Crippen molar-refractivity contribution in [1.82, 2.24) is 10.2 Å². The van der Waals surface area contributed by atoms with Crippen LogP contribution in [0.25, 0.3) is 10.8 Å². The van der Waals surface area contributed by atoms with Gasteiger partial charge in [0.15, 0.2) is 0 Å². The summed E-state index contributed by atoms with van der Waals surface area (Å²) in [6.45, 7) is 9.37. The van der Waals surface area contributed by atoms with Crippen molar-refractivity contribution in [3.8, 4) is 11.5 Å². The number of allylic oxidation sites excluding steroid dienone is 1. The molecule has 3 N–H and O–H groups in total. The number of amides is 2. The molecule has 1 heterocycles. The third kappa shape index (κ3) is 9.60. The number of fused-ring (bicyclic) bond motifs is 3. The molecule has 0 spiro atoms. The number of hydrogen-bond acceptors (Lipinski definition) is 9. The van der Waals surface area contributed by atoms with Gasteiger partial charge in [-0.15, -0.1) is 6.58 Å². The lowest BCUT2D eigenvalue weighted by atomic mass is 9.55. The molecule has 1 aliphatic heterocycles. The summed E-state index contributed by atoms with van der Waals surface area (Å²) in [4.78, 5) is 36.2. The summed E-state index contributed by atoms with van der Waals surface area (Å²) < 4.78 is 20.3. The summed E-state index contributed by atoms with van der Waals surface area (Å²) in [5, 5.41) is 29.6. The summed E-state index contributed by atoms with van der Waals surface area (Å²) in [7, 11) is 0. The number of carbonyl (C=O) groups excluding carboxylic acids is 2. The number of oxime groups is 1. The van der Waals surface area contributed by atoms with Crippen molar-refractivity contribution < 1.29 is 38.9 Å². The van der Waals surface area contributed by atoms with E-state index >= 15 is 4.79 Å². The average molecular weight is 844 g/mol. The number of carbonyl (C=O) groups is 2. The summed E-state index contributed by atoms with van der Waals surface area (Å²) in [6.07, 6.45) is 8.94. The molecule has 62 heavy (non-hydrogen) atoms. The van der Waals surface area contributed by atoms with Gasteiger partial charge in [-0.25, -0.2) is 4.79 Å². The zero-order valence-corrected chi connectivity index (χ0v) is 36.0. The lowest BCUT2D eigenvalue weighted by molar-refractivity contribution is -0.254. The van der Waals surface area contributed by atoms with Gasteiger partial charge in [0.25, 0.3) is 5.91 Å². The first-order valence-corrected chi connectivity index (χ1v) is 22.3. The Hall–Kier alpha value is -5.49. The molecule has 328 valence electrons. The first kappa shape index (κ1) is 44.6. The molecule has 11 nitrogen and oxygen atoms in total. The molecule has 11 heteroatoms. The molecule has 7 rings (SSSR count). The van der Waals surface area contributed by atoms with Crippen LogP contribution in [-0.2, 0) is 16.2 Å². The van der Waals surface area contributed by atoms with Crippen molar-refractivity contribution in [3.05, 3.63) is 132 Å². The summed E-state index contributed by atoms with van der Waals surface area (Å²) in [5.41, 5.74) is 4.06. The Morgan fingerprint density at radius 3 is 2.44 bits per heavy atom. The van der Waals surface area contributed by atoms with Crippen LogP contribution in [0.5, 0.6) is 11.5 Å². The number of rotatable bonds is 20. The van der Waals surface area contributed by atoms with E-state index in [4.69, 9.17) is 24.2 Å². The van der Waals surface area contributed by atoms with Crippen molar-refractivity contribution >= 4 is 28.5 Å². The number of aliphatic hydroxyl groups is 2. The quantitative estimate of drug-likeness (QED) is 0.0455. The van der Waals surface area contributed by atoms with E-state index in [9.17, 15) is 15.0 Å². The van der Waals surface area contributed by atoms with Crippen LogP contribution >= 0.6 is 0 Å². The molecular formula is C51H61N3O8. The minimum atomic E-state index is -1.41. The van der Waals surface area contributed by atoms with Gasteiger partial charge < -0.3 is 39.5 Å². The first-order valence-electron chi connectivity index (χ1n) is 22.3. The number of hydrogen-bond donors (Lipinski definition) is 3. The second-order valence-electron chi connectivity index (χ2n) is 16.5. The number of aliphatic hydroxyl groups excluding tert-OH is 2. The van der Waals surface area contributed by atoms with Crippen LogP contribution < -0.4 is 14.8 Å². The monoisotopic (exact) mass is 843 g/mol. The second-order valence-corrected chi connectivity index (χ2v) is 16.5. The topological polar surface area (TPSA) is 139 Å². The van der Waals surface area contributed by atoms with Crippen molar-refractivity contribution in [2.24, 2.45) is 22.9 Å². The maximum absolute atomic E-state index is 15.2. The van der Waals surface area contributed by atoms with Crippen LogP contribution in [0.4, 0.5) is 4.79 Å². The molecule has 0 unspecified atom stereocenters. The van der Waals surface area contributed by atoms with Gasteiger partial charge in [0.1, 0.15) is 24.1 Å². The predicted molar refractivity (Wildman–Crippen MR) is 241 cm³/mol. The molecule has 0 bridgehead atoms. The lowest BCUT2D eigenvalue weighted by Crippen LogP contribution is -2.70. The maximum Gasteiger partial charge on any atom is 0.412 e. The van der Waals surface area contributed by atoms with Crippen LogP contribution in [0, 0.1) is 17.8 Å². The molecule has 1 fully saturated rings. The van der Waals surface area contributed by atoms with Crippen LogP contribution in [0.15, 0.2) is 120 Å². The molecule has 2 amide bonds. The number of unbranched alkanes of at least 4 members (excludes halogenated alkanes) is 2. The van der Waals surface area contributed by atoms with Crippen molar-refractivity contribution in [1.29, 1.82) is 0 Å². The minimum Gasteiger partial charge on any atom is -0.459 e. The SMILES string of the molecule is C=CCO[C@@]12Oc3ccc(OC(=O)NCC)cc3[C@H]3[C@H](CCCCO)[C@@H](CCCCO)C=C(C(=NOCc4ccccc4)C[C@@H]1N(CCC)C(=O)c1ccc4ccccc4c1)[C@H]32. The van der Waals surface area contributed by atoms with Gasteiger partial charge in [0, 0.05) is 49.8 Å². The third-order valence-corrected chi connectivity index (χ3v) is 12.5. The molecule has 1 saturated carbocycles. The summed E-state index contributed by atoms with van der Waals surface area (Å²) in [6, 6.07) is 28.6. The Morgan fingerprint density at radius 2 is 1.69 bits per heavy atom. The molecule has 2 aliphatic carbocycles. The Morgan fingerprint density at radius 1 is 0.935 bits per heavy atom. The van der Waals surface area contributed by atoms with Gasteiger partial charge >= 0.3 is 6.09 Å². The standard InChI is InChI=1S/C51H61N3O8/c1-4-26-54(49(57)39-23-22-36-18-10-11-19-37(36)30-39)46-33-44(53-60-34-35-16-8-7-9-17-35)42-31-38(20-12-14-27-55)41(21-13-15-28-56)47-43-32-40(61-50(58)52-6-3)24-25-45(43)62-51(46,48(42)47)59-29-5-2/h5,7-11,16-19,22-25,30-32,38,41,46-48,55-56H,2,4,6,12-15,20-21,26-29,33-34H2,1,3H3,(H,52,58)/t38-,41+,46-,47+,48+,51+/m0/s1. The summed E-state index contributed by atoms with van der Waals surface area (Å²) in [5.74, 6) is -1.28. The van der Waals surface area contributed by atoms with E-state index in [1.165, 1.54) is 0 Å². The minimum absolute atomic E-state index is 0.0177. The van der Waals surface area contributed by atoms with E-state index in [2.05, 4.69) is 24.9 Å². The van der Waals surface area contributed by atoms with E-state index in [1.807, 2.05) is 96.8 Å². The van der Waals surface area contributed by atoms with Gasteiger partial charge in [0.2, 0.25) is 5.79 Å².